The number of carboxylic acids is 3. The summed E-state index contributed by atoms with van der Waals surface area (Å²) in [5.74, 6) is -4.48. The molecule has 1 heterocycles. The van der Waals surface area contributed by atoms with Gasteiger partial charge in [0.05, 0.1) is 16.7 Å². The standard InChI is InChI=1S/C19H12N4O7/c1-8(24)9-2-10(4-12(3-9)17(25)26)15-20-22-16(23-21-15)11-5-13(18(27)28)7-14(6-11)19(29)30/h2-7H,1H3,(H,25,26)(H,27,28)(H,29,30). The van der Waals surface area contributed by atoms with Crippen molar-refractivity contribution in [1.29, 1.82) is 0 Å². The Labute approximate surface area is 167 Å². The zero-order chi connectivity index (χ0) is 22.0. The first-order valence-electron chi connectivity index (χ1n) is 8.25. The lowest BCUT2D eigenvalue weighted by atomic mass is 10.0. The molecule has 0 radical (unpaired) electrons. The number of ketones is 1. The third-order valence-electron chi connectivity index (χ3n) is 4.01. The minimum absolute atomic E-state index is 0.0718. The van der Waals surface area contributed by atoms with Crippen LogP contribution in [0.25, 0.3) is 22.8 Å². The van der Waals surface area contributed by atoms with E-state index in [0.717, 1.165) is 6.07 Å². The minimum atomic E-state index is -1.33. The Kier molecular flexibility index (Phi) is 5.27. The van der Waals surface area contributed by atoms with Gasteiger partial charge in [0.15, 0.2) is 5.78 Å². The topological polar surface area (TPSA) is 181 Å². The highest BCUT2D eigenvalue weighted by molar-refractivity contribution is 5.99. The van der Waals surface area contributed by atoms with E-state index in [4.69, 9.17) is 10.2 Å². The van der Waals surface area contributed by atoms with E-state index < -0.39 is 17.9 Å². The molecule has 150 valence electrons. The zero-order valence-corrected chi connectivity index (χ0v) is 15.2. The molecular weight excluding hydrogens is 396 g/mol. The lowest BCUT2D eigenvalue weighted by molar-refractivity contribution is 0.0682. The first kappa shape index (κ1) is 20.2. The van der Waals surface area contributed by atoms with Gasteiger partial charge in [-0.2, -0.15) is 0 Å². The van der Waals surface area contributed by atoms with Gasteiger partial charge in [0.2, 0.25) is 11.6 Å². The van der Waals surface area contributed by atoms with Crippen molar-refractivity contribution in [3.63, 3.8) is 0 Å². The van der Waals surface area contributed by atoms with Crippen LogP contribution >= 0.6 is 0 Å². The quantitative estimate of drug-likeness (QED) is 0.507. The van der Waals surface area contributed by atoms with Gasteiger partial charge in [-0.15, -0.1) is 20.4 Å². The Hall–Kier alpha value is -4.54. The van der Waals surface area contributed by atoms with Crippen LogP contribution in [0, 0.1) is 0 Å². The summed E-state index contributed by atoms with van der Waals surface area (Å²) in [6.45, 7) is 1.28. The normalized spacial score (nSPS) is 10.4. The van der Waals surface area contributed by atoms with Crippen molar-refractivity contribution in [2.75, 3.05) is 0 Å². The number of rotatable bonds is 6. The predicted molar refractivity (Wildman–Crippen MR) is 99.4 cm³/mol. The van der Waals surface area contributed by atoms with Crippen molar-refractivity contribution in [2.24, 2.45) is 0 Å². The molecule has 0 aliphatic carbocycles. The zero-order valence-electron chi connectivity index (χ0n) is 15.2. The molecule has 1 aromatic heterocycles. The first-order valence-corrected chi connectivity index (χ1v) is 8.25. The summed E-state index contributed by atoms with van der Waals surface area (Å²) in [6.07, 6.45) is 0. The number of nitrogens with zero attached hydrogens (tertiary/aromatic N) is 4. The van der Waals surface area contributed by atoms with Crippen LogP contribution in [-0.2, 0) is 0 Å². The number of hydrogen-bond acceptors (Lipinski definition) is 8. The van der Waals surface area contributed by atoms with Crippen LogP contribution < -0.4 is 0 Å². The average Bonchev–Trinajstić information content (AvgIpc) is 2.73. The number of Topliss-reactive ketones (excluding diaryl/α,β-unsaturated/α-hetero) is 1. The van der Waals surface area contributed by atoms with E-state index in [1.807, 2.05) is 0 Å². The lowest BCUT2D eigenvalue weighted by Gasteiger charge is -2.06. The molecule has 0 amide bonds. The van der Waals surface area contributed by atoms with Crippen LogP contribution in [0.2, 0.25) is 0 Å². The second-order valence-corrected chi connectivity index (χ2v) is 6.12. The Morgan fingerprint density at radius 1 is 0.567 bits per heavy atom. The van der Waals surface area contributed by atoms with E-state index >= 15 is 0 Å². The van der Waals surface area contributed by atoms with Gasteiger partial charge in [-0.05, 0) is 43.3 Å². The van der Waals surface area contributed by atoms with E-state index in [1.165, 1.54) is 37.3 Å². The molecule has 0 saturated heterocycles. The second-order valence-electron chi connectivity index (χ2n) is 6.12. The third-order valence-corrected chi connectivity index (χ3v) is 4.01. The van der Waals surface area contributed by atoms with Crippen LogP contribution in [0.15, 0.2) is 36.4 Å². The van der Waals surface area contributed by atoms with Crippen molar-refractivity contribution in [2.45, 2.75) is 6.92 Å². The summed E-state index contributed by atoms with van der Waals surface area (Å²) in [5, 5.41) is 42.9. The molecular formula is C19H12N4O7. The highest BCUT2D eigenvalue weighted by atomic mass is 16.4. The van der Waals surface area contributed by atoms with Gasteiger partial charge >= 0.3 is 17.9 Å². The number of carbonyl (C=O) groups excluding carboxylic acids is 1. The van der Waals surface area contributed by atoms with Crippen molar-refractivity contribution >= 4 is 23.7 Å². The minimum Gasteiger partial charge on any atom is -0.478 e. The molecule has 0 fully saturated rings. The summed E-state index contributed by atoms with van der Waals surface area (Å²) in [7, 11) is 0. The Balaban J connectivity index is 2.06. The number of aromatic carboxylic acids is 3. The third kappa shape index (κ3) is 4.14. The first-order chi connectivity index (χ1) is 14.2. The van der Waals surface area contributed by atoms with Gasteiger partial charge in [-0.3, -0.25) is 4.79 Å². The van der Waals surface area contributed by atoms with Crippen molar-refractivity contribution in [3.05, 3.63) is 58.7 Å². The summed E-state index contributed by atoms with van der Waals surface area (Å²) in [4.78, 5) is 45.4. The number of benzene rings is 2. The fraction of sp³-hybridized carbons (Fsp3) is 0.0526. The molecule has 30 heavy (non-hydrogen) atoms. The van der Waals surface area contributed by atoms with E-state index in [1.54, 1.807) is 0 Å². The maximum Gasteiger partial charge on any atom is 0.335 e. The largest absolute Gasteiger partial charge is 0.478 e. The van der Waals surface area contributed by atoms with E-state index in [0.29, 0.717) is 0 Å². The summed E-state index contributed by atoms with van der Waals surface area (Å²) >= 11 is 0. The SMILES string of the molecule is CC(=O)c1cc(C(=O)O)cc(-c2nnc(-c3cc(C(=O)O)cc(C(=O)O)c3)nn2)c1. The Bertz CT molecular complexity index is 1050. The van der Waals surface area contributed by atoms with Gasteiger partial charge in [-0.1, -0.05) is 0 Å². The second kappa shape index (κ2) is 7.83. The van der Waals surface area contributed by atoms with E-state index in [9.17, 15) is 24.3 Å². The smallest absolute Gasteiger partial charge is 0.335 e. The Morgan fingerprint density at radius 2 is 0.867 bits per heavy atom. The fourth-order valence-electron chi connectivity index (χ4n) is 2.55. The van der Waals surface area contributed by atoms with Gasteiger partial charge in [0.25, 0.3) is 0 Å². The summed E-state index contributed by atoms with van der Waals surface area (Å²) < 4.78 is 0. The van der Waals surface area contributed by atoms with E-state index in [-0.39, 0.29) is 50.8 Å². The van der Waals surface area contributed by atoms with Gasteiger partial charge in [0.1, 0.15) is 0 Å². The molecule has 3 rings (SSSR count). The number of hydrogen-bond donors (Lipinski definition) is 3. The molecule has 0 unspecified atom stereocenters. The molecule has 11 heteroatoms. The maximum atomic E-state index is 11.7. The summed E-state index contributed by atoms with van der Waals surface area (Å²) in [5.41, 5.74) is -0.307. The van der Waals surface area contributed by atoms with Crippen LogP contribution in [0.1, 0.15) is 48.4 Å². The molecule has 0 atom stereocenters. The number of carbonyl (C=O) groups is 4. The lowest BCUT2D eigenvalue weighted by Crippen LogP contribution is -2.06. The molecule has 0 aliphatic rings. The molecule has 0 bridgehead atoms. The molecule has 2 aromatic carbocycles. The van der Waals surface area contributed by atoms with Crippen LogP contribution in [-0.4, -0.2) is 59.4 Å². The Morgan fingerprint density at radius 3 is 1.17 bits per heavy atom. The van der Waals surface area contributed by atoms with Crippen LogP contribution in [0.3, 0.4) is 0 Å². The fourth-order valence-corrected chi connectivity index (χ4v) is 2.55. The molecule has 11 nitrogen and oxygen atoms in total. The van der Waals surface area contributed by atoms with E-state index in [2.05, 4.69) is 20.4 Å². The average molecular weight is 408 g/mol. The molecule has 3 N–H and O–H groups in total. The molecule has 3 aromatic rings. The van der Waals surface area contributed by atoms with Crippen molar-refractivity contribution < 1.29 is 34.5 Å². The maximum absolute atomic E-state index is 11.7. The van der Waals surface area contributed by atoms with Crippen LogP contribution in [0.4, 0.5) is 0 Å². The van der Waals surface area contributed by atoms with Gasteiger partial charge in [-0.25, -0.2) is 14.4 Å². The molecule has 0 aliphatic heterocycles. The highest BCUT2D eigenvalue weighted by Crippen LogP contribution is 2.22. The van der Waals surface area contributed by atoms with Crippen LogP contribution in [0.5, 0.6) is 0 Å². The number of carboxylic acid groups (broad SMARTS) is 3. The van der Waals surface area contributed by atoms with Crippen molar-refractivity contribution in [1.82, 2.24) is 20.4 Å². The van der Waals surface area contributed by atoms with Gasteiger partial charge in [0, 0.05) is 16.7 Å². The molecule has 0 saturated carbocycles. The van der Waals surface area contributed by atoms with Crippen molar-refractivity contribution in [3.8, 4) is 22.8 Å². The highest BCUT2D eigenvalue weighted by Gasteiger charge is 2.16. The predicted octanol–water partition coefficient (Wildman–Crippen LogP) is 1.90. The summed E-state index contributed by atoms with van der Waals surface area (Å²) in [6, 6.07) is 7.19. The molecule has 0 spiro atoms. The number of aromatic nitrogens is 4. The monoisotopic (exact) mass is 408 g/mol. The van der Waals surface area contributed by atoms with Gasteiger partial charge < -0.3 is 15.3 Å².